The highest BCUT2D eigenvalue weighted by molar-refractivity contribution is 9.11. The summed E-state index contributed by atoms with van der Waals surface area (Å²) < 4.78 is 50.0. The molecule has 0 aliphatic carbocycles. The third-order valence-electron chi connectivity index (χ3n) is 26.9. The Morgan fingerprint density at radius 1 is 0.167 bits per heavy atom. The van der Waals surface area contributed by atoms with Crippen molar-refractivity contribution in [3.05, 3.63) is 329 Å². The average Bonchev–Trinajstić information content (AvgIpc) is 0.842. The van der Waals surface area contributed by atoms with E-state index in [4.69, 9.17) is 37.9 Å². The maximum Gasteiger partial charge on any atom is 0.343 e. The highest BCUT2D eigenvalue weighted by Gasteiger charge is 2.19. The van der Waals surface area contributed by atoms with Gasteiger partial charge in [-0.3, -0.25) is 0 Å². The molecule has 0 aliphatic rings. The van der Waals surface area contributed by atoms with Crippen LogP contribution in [0.2, 0.25) is 0 Å². The third kappa shape index (κ3) is 47.9. The van der Waals surface area contributed by atoms with Crippen molar-refractivity contribution >= 4 is 87.6 Å². The topological polar surface area (TPSA) is 142 Å². The van der Waals surface area contributed by atoms with Gasteiger partial charge in [-0.25, -0.2) is 19.2 Å². The standard InChI is InChI=1S/C35H45BrO3.C34H43BrO3.C33H41BrO3.C32H39BrO3/c1-3-5-7-9-11-13-15-30-16-17-31(27-34(30)36)35(37)39-33-24-20-29(21-25-33)28-18-22-32(23-19-28)38-26-14-12-10-8-6-4-2;1-3-5-7-9-11-13-25-37-31-21-17-27(18-22-31)28-19-23-32(24-20-28)38-34(36)30-16-15-29(33(35)26-30)14-12-10-8-6-4-2;1-3-5-7-9-10-12-24-36-30-20-16-26(17-21-30)27-18-22-31(23-19-27)37-33(35)29-15-14-28(32(34)25-29)13-11-8-6-4-2;1-3-5-7-8-9-11-23-35-29-19-15-25(16-20-29)26-17-21-30(22-18-26)36-32(34)28-14-13-27(31(33)24-28)12-10-6-4-2/h16-25,27H,3-15,26H2,1-2H3;15-24,26H,3-14,25H2,1-2H3;14-23,25H,3-13,24H2,1-2H3;13-22,24H,3-12,23H2,1-2H3. The van der Waals surface area contributed by atoms with E-state index in [9.17, 15) is 19.2 Å². The zero-order valence-electron chi connectivity index (χ0n) is 91.2. The number of unbranched alkanes of at least 4 members (excludes halogenated alkanes) is 34. The molecule has 0 unspecified atom stereocenters. The van der Waals surface area contributed by atoms with Crippen LogP contribution in [0.3, 0.4) is 0 Å². The van der Waals surface area contributed by atoms with Gasteiger partial charge in [0.25, 0.3) is 0 Å². The molecule has 12 nitrogen and oxygen atoms in total. The molecular formula is C134H168Br4O12. The number of hydrogen-bond donors (Lipinski definition) is 0. The summed E-state index contributed by atoms with van der Waals surface area (Å²) in [4.78, 5) is 50.8. The van der Waals surface area contributed by atoms with Crippen LogP contribution in [-0.4, -0.2) is 50.3 Å². The van der Waals surface area contributed by atoms with Crippen LogP contribution < -0.4 is 37.9 Å². The minimum atomic E-state index is -0.351. The second kappa shape index (κ2) is 74.6. The van der Waals surface area contributed by atoms with Crippen LogP contribution in [0.5, 0.6) is 46.0 Å². The molecule has 16 heteroatoms. The Morgan fingerprint density at radius 2 is 0.307 bits per heavy atom. The van der Waals surface area contributed by atoms with Crippen LogP contribution in [0.4, 0.5) is 0 Å². The predicted octanol–water partition coefficient (Wildman–Crippen LogP) is 41.6. The fourth-order valence-corrected chi connectivity index (χ4v) is 19.9. The molecule has 0 saturated carbocycles. The smallest absolute Gasteiger partial charge is 0.343 e. The summed E-state index contributed by atoms with van der Waals surface area (Å²) in [7, 11) is 0. The molecule has 804 valence electrons. The molecule has 0 saturated heterocycles. The lowest BCUT2D eigenvalue weighted by Crippen LogP contribution is -2.08. The number of carbonyl (C=O) groups excluding carboxylic acids is 4. The molecule has 150 heavy (non-hydrogen) atoms. The zero-order chi connectivity index (χ0) is 107. The van der Waals surface area contributed by atoms with E-state index in [0.717, 1.165) is 176 Å². The quantitative estimate of drug-likeness (QED) is 0.0203. The summed E-state index contributed by atoms with van der Waals surface area (Å²) in [5.74, 6) is 4.36. The molecule has 0 amide bonds. The summed E-state index contributed by atoms with van der Waals surface area (Å²) in [5.41, 5.74) is 15.8. The molecule has 0 aromatic heterocycles. The third-order valence-corrected chi connectivity index (χ3v) is 29.9. The monoisotopic (exact) mass is 2280 g/mol. The van der Waals surface area contributed by atoms with Crippen LogP contribution in [0.15, 0.2) is 285 Å². The van der Waals surface area contributed by atoms with Gasteiger partial charge in [0, 0.05) is 17.9 Å². The van der Waals surface area contributed by atoms with Crippen LogP contribution in [-0.2, 0) is 25.7 Å². The number of benzene rings is 12. The minimum Gasteiger partial charge on any atom is -0.494 e. The lowest BCUT2D eigenvalue weighted by Gasteiger charge is -2.10. The van der Waals surface area contributed by atoms with Gasteiger partial charge in [0.2, 0.25) is 0 Å². The van der Waals surface area contributed by atoms with E-state index in [1.54, 1.807) is 0 Å². The van der Waals surface area contributed by atoms with Gasteiger partial charge in [0.15, 0.2) is 0 Å². The second-order valence-electron chi connectivity index (χ2n) is 39.4. The van der Waals surface area contributed by atoms with Gasteiger partial charge in [-0.15, -0.1) is 0 Å². The fourth-order valence-electron chi connectivity index (χ4n) is 17.6. The Hall–Kier alpha value is -10.4. The molecule has 0 fully saturated rings. The largest absolute Gasteiger partial charge is 0.494 e. The number of ether oxygens (including phenoxy) is 8. The van der Waals surface area contributed by atoms with Gasteiger partial charge in [-0.05, 0) is 289 Å². The van der Waals surface area contributed by atoms with Gasteiger partial charge in [0.1, 0.15) is 46.0 Å². The Balaban J connectivity index is 0.000000222. The van der Waals surface area contributed by atoms with Crippen LogP contribution >= 0.6 is 63.7 Å². The first-order chi connectivity index (χ1) is 73.4. The van der Waals surface area contributed by atoms with Crippen molar-refractivity contribution in [3.8, 4) is 90.5 Å². The molecule has 0 spiro atoms. The Kier molecular flexibility index (Phi) is 61.2. The number of hydrogen-bond acceptors (Lipinski definition) is 12. The molecule has 0 bridgehead atoms. The highest BCUT2D eigenvalue weighted by atomic mass is 79.9. The lowest BCUT2D eigenvalue weighted by molar-refractivity contribution is 0.0725. The van der Waals surface area contributed by atoms with Crippen LogP contribution in [0.25, 0.3) is 44.5 Å². The first-order valence-corrected chi connectivity index (χ1v) is 59.9. The summed E-state index contributed by atoms with van der Waals surface area (Å²) >= 11 is 14.5. The van der Waals surface area contributed by atoms with Crippen molar-refractivity contribution in [2.75, 3.05) is 26.4 Å². The van der Waals surface area contributed by atoms with E-state index in [0.29, 0.717) is 45.3 Å². The molecular weight excluding hydrogens is 2120 g/mol. The van der Waals surface area contributed by atoms with E-state index in [1.807, 2.05) is 218 Å². The number of aryl methyl sites for hydroxylation is 4. The van der Waals surface area contributed by atoms with Crippen molar-refractivity contribution in [3.63, 3.8) is 0 Å². The minimum absolute atomic E-state index is 0.346. The predicted molar refractivity (Wildman–Crippen MR) is 640 cm³/mol. The molecule has 0 atom stereocenters. The van der Waals surface area contributed by atoms with E-state index in [1.165, 1.54) is 253 Å². The van der Waals surface area contributed by atoms with Gasteiger partial charge >= 0.3 is 23.9 Å². The fraction of sp³-hybridized carbons (Fsp3) is 0.433. The Labute approximate surface area is 934 Å². The van der Waals surface area contributed by atoms with Gasteiger partial charge < -0.3 is 37.9 Å². The second-order valence-corrected chi connectivity index (χ2v) is 42.8. The maximum atomic E-state index is 12.7. The van der Waals surface area contributed by atoms with E-state index >= 15 is 0 Å². The van der Waals surface area contributed by atoms with E-state index in [2.05, 4.69) is 168 Å². The van der Waals surface area contributed by atoms with Crippen molar-refractivity contribution in [2.24, 2.45) is 0 Å². The molecule has 0 aliphatic heterocycles. The van der Waals surface area contributed by atoms with Crippen molar-refractivity contribution in [2.45, 2.75) is 351 Å². The Bertz CT molecular complexity index is 5750. The number of esters is 4. The highest BCUT2D eigenvalue weighted by Crippen LogP contribution is 2.35. The summed E-state index contributed by atoms with van der Waals surface area (Å²) in [6, 6.07) is 86.3. The molecule has 12 aromatic carbocycles. The number of rotatable bonds is 66. The Morgan fingerprint density at radius 3 is 0.480 bits per heavy atom. The van der Waals surface area contributed by atoms with Crippen molar-refractivity contribution in [1.82, 2.24) is 0 Å². The van der Waals surface area contributed by atoms with Crippen LogP contribution in [0, 0.1) is 0 Å². The molecule has 12 aromatic rings. The normalized spacial score (nSPS) is 10.9. The van der Waals surface area contributed by atoms with E-state index in [-0.39, 0.29) is 23.9 Å². The van der Waals surface area contributed by atoms with Gasteiger partial charge in [0.05, 0.1) is 48.7 Å². The van der Waals surface area contributed by atoms with Gasteiger partial charge in [-0.2, -0.15) is 0 Å². The first-order valence-electron chi connectivity index (χ1n) is 56.8. The van der Waals surface area contributed by atoms with Crippen molar-refractivity contribution < 1.29 is 57.1 Å². The molecule has 0 N–H and O–H groups in total. The summed E-state index contributed by atoms with van der Waals surface area (Å²) in [5, 5.41) is 0. The molecule has 0 heterocycles. The number of carbonyl (C=O) groups is 4. The maximum absolute atomic E-state index is 12.7. The lowest BCUT2D eigenvalue weighted by atomic mass is 10.0. The first kappa shape index (κ1) is 123. The van der Waals surface area contributed by atoms with Crippen molar-refractivity contribution in [1.29, 1.82) is 0 Å². The zero-order valence-corrected chi connectivity index (χ0v) is 97.5. The summed E-state index contributed by atoms with van der Waals surface area (Å²) in [6.45, 7) is 20.9. The van der Waals surface area contributed by atoms with Gasteiger partial charge in [-0.1, -0.05) is 459 Å². The number of halogens is 4. The summed E-state index contributed by atoms with van der Waals surface area (Å²) in [6.07, 6.45) is 56.7. The van der Waals surface area contributed by atoms with E-state index < -0.39 is 0 Å². The average molecular weight is 2290 g/mol. The molecule has 12 rings (SSSR count). The molecule has 0 radical (unpaired) electrons. The van der Waals surface area contributed by atoms with Crippen LogP contribution in [0.1, 0.15) is 389 Å². The SMILES string of the molecule is CCCCCCCCOc1ccc(-c2ccc(OC(=O)c3ccc(CCCCC)c(Br)c3)cc2)cc1.CCCCCCCCOc1ccc(-c2ccc(OC(=O)c3ccc(CCCCCC)c(Br)c3)cc2)cc1.CCCCCCCCOc1ccc(-c2ccc(OC(=O)c3ccc(CCCCCCC)c(Br)c3)cc2)cc1.CCCCCCCCOc1ccc(-c2ccc(OC(=O)c3ccc(CCCCCCCC)c(Br)c3)cc2)cc1.